The lowest BCUT2D eigenvalue weighted by Gasteiger charge is -2.38. The maximum absolute atomic E-state index is 9.30. The Morgan fingerprint density at radius 1 is 0.824 bits per heavy atom. The summed E-state index contributed by atoms with van der Waals surface area (Å²) >= 11 is 0. The molecule has 2 aromatic carbocycles. The van der Waals surface area contributed by atoms with E-state index in [1.165, 1.54) is 6.07 Å². The highest BCUT2D eigenvalue weighted by atomic mass is 32.3. The minimum Gasteiger partial charge on any atom is -0.508 e. The molecule has 14 heteroatoms. The Kier molecular flexibility index (Phi) is 11.3. The van der Waals surface area contributed by atoms with Crippen LogP contribution in [0.2, 0.25) is 0 Å². The first-order valence-electron chi connectivity index (χ1n) is 9.47. The Balaban J connectivity index is 0.000000296. The zero-order valence-electron chi connectivity index (χ0n) is 17.5. The molecule has 5 atom stereocenters. The summed E-state index contributed by atoms with van der Waals surface area (Å²) < 4.78 is 36.3. The molecule has 1 aliphatic rings. The van der Waals surface area contributed by atoms with Crippen molar-refractivity contribution >= 4 is 22.6 Å². The van der Waals surface area contributed by atoms with Crippen molar-refractivity contribution in [1.29, 1.82) is 0 Å². The van der Waals surface area contributed by atoms with E-state index in [4.69, 9.17) is 43.3 Å². The second-order valence-corrected chi connectivity index (χ2v) is 7.86. The number of hydrogen-bond acceptors (Lipinski definition) is 11. The fourth-order valence-electron chi connectivity index (χ4n) is 2.61. The Labute approximate surface area is 194 Å². The van der Waals surface area contributed by atoms with E-state index in [1.54, 1.807) is 42.5 Å². The molecule has 0 amide bonds. The molecule has 1 aliphatic heterocycles. The second-order valence-electron chi connectivity index (χ2n) is 6.96. The summed E-state index contributed by atoms with van der Waals surface area (Å²) in [5.41, 5.74) is 6.89. The number of nitrogens with two attached hydrogens (primary N) is 1. The van der Waals surface area contributed by atoms with Crippen molar-refractivity contribution in [2.24, 2.45) is 5.73 Å². The van der Waals surface area contributed by atoms with Gasteiger partial charge in [0.1, 0.15) is 35.6 Å². The number of benzene rings is 2. The zero-order valence-corrected chi connectivity index (χ0v) is 18.3. The summed E-state index contributed by atoms with van der Waals surface area (Å²) in [6, 6.07) is 10.1. The molecule has 0 spiro atoms. The summed E-state index contributed by atoms with van der Waals surface area (Å²) in [5, 5.41) is 63.8. The van der Waals surface area contributed by atoms with Crippen molar-refractivity contribution in [2.75, 3.05) is 6.61 Å². The normalized spacial score (nSPS) is 24.5. The molecule has 0 bridgehead atoms. The van der Waals surface area contributed by atoms with Crippen molar-refractivity contribution in [3.05, 3.63) is 53.6 Å². The quantitative estimate of drug-likeness (QED) is 0.179. The highest BCUT2D eigenvalue weighted by Crippen LogP contribution is 2.22. The number of aliphatic hydroxyl groups excluding tert-OH is 4. The molecule has 3 rings (SSSR count). The molecular formula is C20H27NO12S. The molecule has 1 saturated heterocycles. The van der Waals surface area contributed by atoms with Crippen molar-refractivity contribution in [3.8, 4) is 17.2 Å². The van der Waals surface area contributed by atoms with Crippen LogP contribution in [0.4, 0.5) is 0 Å². The van der Waals surface area contributed by atoms with E-state index in [1.807, 2.05) is 6.08 Å². The van der Waals surface area contributed by atoms with E-state index in [-0.39, 0.29) is 17.2 Å². The molecule has 34 heavy (non-hydrogen) atoms. The van der Waals surface area contributed by atoms with Gasteiger partial charge in [-0.05, 0) is 35.4 Å². The number of rotatable bonds is 3. The third-order valence-electron chi connectivity index (χ3n) is 4.23. The topological polar surface area (TPSA) is 251 Å². The molecule has 1 heterocycles. The highest BCUT2D eigenvalue weighted by molar-refractivity contribution is 7.79. The lowest BCUT2D eigenvalue weighted by molar-refractivity contribution is -0.248. The van der Waals surface area contributed by atoms with E-state index in [0.29, 0.717) is 5.56 Å². The van der Waals surface area contributed by atoms with Crippen LogP contribution >= 0.6 is 0 Å². The van der Waals surface area contributed by atoms with Gasteiger partial charge in [-0.25, -0.2) is 0 Å². The smallest absolute Gasteiger partial charge is 0.394 e. The fraction of sp³-hybridized carbons (Fsp3) is 0.300. The van der Waals surface area contributed by atoms with E-state index < -0.39 is 47.6 Å². The lowest BCUT2D eigenvalue weighted by atomic mass is 9.98. The predicted molar refractivity (Wildman–Crippen MR) is 119 cm³/mol. The molecule has 0 aliphatic carbocycles. The van der Waals surface area contributed by atoms with Crippen LogP contribution < -0.4 is 5.73 Å². The maximum Gasteiger partial charge on any atom is 0.394 e. The lowest BCUT2D eigenvalue weighted by Crippen LogP contribution is -2.61. The minimum absolute atomic E-state index is 0.0235. The van der Waals surface area contributed by atoms with Crippen molar-refractivity contribution < 1.29 is 58.0 Å². The van der Waals surface area contributed by atoms with Crippen LogP contribution in [0.15, 0.2) is 42.5 Å². The molecule has 0 aromatic heterocycles. The van der Waals surface area contributed by atoms with Gasteiger partial charge in [0.05, 0.1) is 12.6 Å². The summed E-state index contributed by atoms with van der Waals surface area (Å²) in [6.07, 6.45) is -1.26. The average molecular weight is 505 g/mol. The summed E-state index contributed by atoms with van der Waals surface area (Å²) in [7, 11) is -4.67. The molecule has 2 aromatic rings. The standard InChI is InChI=1S/C14H12O3.C6H13NO5.H2O4S/c15-12-5-3-10(4-6-12)1-2-11-7-13(16)9-14(17)8-11;7-3-5(10)4(9)2(1-8)12-6(3)11;1-5(2,3)4/h1-9,15-17H;2-6,8-11H,1,7H2;(H2,1,2,3,4)/t;2-,3-,4-,5-,6?;/m.1./s1. The summed E-state index contributed by atoms with van der Waals surface area (Å²) in [6.45, 7) is -0.470. The average Bonchev–Trinajstić information content (AvgIpc) is 2.73. The Morgan fingerprint density at radius 3 is 1.76 bits per heavy atom. The largest absolute Gasteiger partial charge is 0.508 e. The van der Waals surface area contributed by atoms with Gasteiger partial charge in [0.2, 0.25) is 0 Å². The van der Waals surface area contributed by atoms with Gasteiger partial charge in [-0.2, -0.15) is 8.42 Å². The van der Waals surface area contributed by atoms with E-state index in [0.717, 1.165) is 5.56 Å². The van der Waals surface area contributed by atoms with Gasteiger partial charge in [-0.1, -0.05) is 24.3 Å². The first kappa shape index (κ1) is 29.2. The third-order valence-corrected chi connectivity index (χ3v) is 4.23. The Morgan fingerprint density at radius 2 is 1.29 bits per heavy atom. The van der Waals surface area contributed by atoms with Gasteiger partial charge in [0.15, 0.2) is 6.29 Å². The van der Waals surface area contributed by atoms with Gasteiger partial charge in [0, 0.05) is 6.07 Å². The van der Waals surface area contributed by atoms with Gasteiger partial charge in [0.25, 0.3) is 0 Å². The van der Waals surface area contributed by atoms with Crippen molar-refractivity contribution in [3.63, 3.8) is 0 Å². The molecule has 13 nitrogen and oxygen atoms in total. The fourth-order valence-corrected chi connectivity index (χ4v) is 2.61. The second kappa shape index (κ2) is 13.2. The third kappa shape index (κ3) is 10.9. The van der Waals surface area contributed by atoms with Gasteiger partial charge in [-0.15, -0.1) is 0 Å². The number of phenolic OH excluding ortho intramolecular Hbond substituents is 3. The predicted octanol–water partition coefficient (Wildman–Crippen LogP) is -0.934. The van der Waals surface area contributed by atoms with E-state index in [9.17, 15) is 20.4 Å². The molecule has 1 unspecified atom stereocenters. The Hall–Kier alpha value is -2.79. The SMILES string of the molecule is N[C@H]1C(O)O[C@H](CO)[C@@H](O)[C@@H]1O.O=S(=O)(O)O.Oc1ccc(C=Cc2cc(O)cc(O)c2)cc1. The van der Waals surface area contributed by atoms with Crippen LogP contribution in [0, 0.1) is 0 Å². The maximum atomic E-state index is 9.30. The molecular weight excluding hydrogens is 478 g/mol. The number of phenols is 3. The molecule has 0 saturated carbocycles. The number of aromatic hydroxyl groups is 3. The number of hydrogen-bond donors (Lipinski definition) is 10. The van der Waals surface area contributed by atoms with Gasteiger partial charge >= 0.3 is 10.4 Å². The Bertz CT molecular complexity index is 995. The van der Waals surface area contributed by atoms with Gasteiger partial charge < -0.3 is 46.2 Å². The van der Waals surface area contributed by atoms with Crippen LogP contribution in [0.5, 0.6) is 17.2 Å². The molecule has 1 fully saturated rings. The monoisotopic (exact) mass is 505 g/mol. The van der Waals surface area contributed by atoms with Crippen molar-refractivity contribution in [1.82, 2.24) is 0 Å². The summed E-state index contributed by atoms with van der Waals surface area (Å²) in [5.74, 6) is 0.267. The highest BCUT2D eigenvalue weighted by Gasteiger charge is 2.41. The van der Waals surface area contributed by atoms with E-state index in [2.05, 4.69) is 0 Å². The molecule has 190 valence electrons. The van der Waals surface area contributed by atoms with Crippen LogP contribution in [0.25, 0.3) is 12.2 Å². The van der Waals surface area contributed by atoms with Crippen LogP contribution in [-0.2, 0) is 15.1 Å². The zero-order chi connectivity index (χ0) is 26.1. The molecule has 11 N–H and O–H groups in total. The van der Waals surface area contributed by atoms with Crippen LogP contribution in [0.1, 0.15) is 11.1 Å². The van der Waals surface area contributed by atoms with Crippen molar-refractivity contribution in [2.45, 2.75) is 30.6 Å². The first-order chi connectivity index (χ1) is 15.7. The molecule has 0 radical (unpaired) electrons. The first-order valence-corrected chi connectivity index (χ1v) is 10.9. The minimum atomic E-state index is -4.67. The van der Waals surface area contributed by atoms with Gasteiger partial charge in [-0.3, -0.25) is 9.11 Å². The van der Waals surface area contributed by atoms with Crippen LogP contribution in [-0.4, -0.2) is 90.5 Å². The number of ether oxygens (including phenoxy) is 1. The van der Waals surface area contributed by atoms with E-state index >= 15 is 0 Å². The number of aliphatic hydroxyl groups is 4. The summed E-state index contributed by atoms with van der Waals surface area (Å²) in [4.78, 5) is 0. The van der Waals surface area contributed by atoms with Crippen LogP contribution in [0.3, 0.4) is 0 Å².